The molecule has 2 fully saturated rings. The van der Waals surface area contributed by atoms with Crippen molar-refractivity contribution in [3.05, 3.63) is 47.6 Å². The Kier molecular flexibility index (Phi) is 4.53. The summed E-state index contributed by atoms with van der Waals surface area (Å²) in [4.78, 5) is 21.9. The Labute approximate surface area is 147 Å². The lowest BCUT2D eigenvalue weighted by atomic mass is 10.1. The van der Waals surface area contributed by atoms with E-state index < -0.39 is 0 Å². The molecule has 0 spiro atoms. The van der Waals surface area contributed by atoms with Crippen LogP contribution in [0.5, 0.6) is 0 Å². The highest BCUT2D eigenvalue weighted by atomic mass is 16.5. The first kappa shape index (κ1) is 16.3. The van der Waals surface area contributed by atoms with Gasteiger partial charge in [-0.05, 0) is 44.7 Å². The molecule has 2 aromatic rings. The zero-order chi connectivity index (χ0) is 17.2. The van der Waals surface area contributed by atoms with Crippen molar-refractivity contribution in [3.8, 4) is 0 Å². The number of aromatic nitrogens is 2. The van der Waals surface area contributed by atoms with E-state index in [0.29, 0.717) is 11.7 Å². The highest BCUT2D eigenvalue weighted by Gasteiger charge is 2.40. The lowest BCUT2D eigenvalue weighted by Crippen LogP contribution is -2.45. The van der Waals surface area contributed by atoms with Crippen LogP contribution in [0, 0.1) is 6.92 Å². The van der Waals surface area contributed by atoms with E-state index >= 15 is 0 Å². The molecule has 0 saturated carbocycles. The van der Waals surface area contributed by atoms with Crippen LogP contribution in [0.1, 0.15) is 49.0 Å². The normalized spacial score (nSPS) is 24.1. The molecule has 3 heterocycles. The van der Waals surface area contributed by atoms with E-state index in [4.69, 9.17) is 4.52 Å². The molecule has 2 aliphatic heterocycles. The molecule has 4 rings (SSSR count). The Morgan fingerprint density at radius 2 is 2.00 bits per heavy atom. The van der Waals surface area contributed by atoms with Crippen molar-refractivity contribution in [2.75, 3.05) is 13.1 Å². The molecule has 2 unspecified atom stereocenters. The van der Waals surface area contributed by atoms with Gasteiger partial charge in [0.05, 0.1) is 6.04 Å². The van der Waals surface area contributed by atoms with Crippen LogP contribution in [0.2, 0.25) is 0 Å². The van der Waals surface area contributed by atoms with Gasteiger partial charge in [0.1, 0.15) is 6.04 Å². The van der Waals surface area contributed by atoms with E-state index in [2.05, 4.69) is 39.3 Å². The Morgan fingerprint density at radius 1 is 1.20 bits per heavy atom. The van der Waals surface area contributed by atoms with E-state index in [9.17, 15) is 4.79 Å². The number of carbonyl (C=O) groups is 1. The Bertz CT molecular complexity index is 730. The molecule has 1 amide bonds. The summed E-state index contributed by atoms with van der Waals surface area (Å²) in [6.07, 6.45) is 3.89. The second-order valence-electron chi connectivity index (χ2n) is 6.98. The molecule has 2 saturated heterocycles. The molecule has 0 aliphatic carbocycles. The lowest BCUT2D eigenvalue weighted by molar-refractivity contribution is -0.137. The van der Waals surface area contributed by atoms with Crippen molar-refractivity contribution in [3.63, 3.8) is 0 Å². The highest BCUT2D eigenvalue weighted by molar-refractivity contribution is 5.82. The van der Waals surface area contributed by atoms with Crippen LogP contribution in [-0.2, 0) is 11.3 Å². The van der Waals surface area contributed by atoms with Gasteiger partial charge in [-0.15, -0.1) is 0 Å². The van der Waals surface area contributed by atoms with Gasteiger partial charge < -0.3 is 9.42 Å². The summed E-state index contributed by atoms with van der Waals surface area (Å²) in [6.45, 7) is 4.40. The first-order chi connectivity index (χ1) is 12.2. The topological polar surface area (TPSA) is 62.5 Å². The summed E-state index contributed by atoms with van der Waals surface area (Å²) in [6, 6.07) is 10.3. The fourth-order valence-electron chi connectivity index (χ4n) is 4.04. The van der Waals surface area contributed by atoms with Crippen LogP contribution in [0.3, 0.4) is 0 Å². The molecule has 1 aromatic carbocycles. The third kappa shape index (κ3) is 3.31. The van der Waals surface area contributed by atoms with Gasteiger partial charge in [0.15, 0.2) is 5.82 Å². The second-order valence-corrected chi connectivity index (χ2v) is 6.98. The quantitative estimate of drug-likeness (QED) is 0.856. The van der Waals surface area contributed by atoms with E-state index in [-0.39, 0.29) is 18.0 Å². The van der Waals surface area contributed by atoms with Gasteiger partial charge in [-0.3, -0.25) is 9.69 Å². The molecular weight excluding hydrogens is 316 g/mol. The summed E-state index contributed by atoms with van der Waals surface area (Å²) in [7, 11) is 0. The standard InChI is InChI=1S/C19H24N4O2/c1-14-20-18(25-21-14)16-9-6-12-23(16)19(24)17-10-5-11-22(17)13-15-7-3-2-4-8-15/h2-4,7-8,16-17H,5-6,9-13H2,1H3. The SMILES string of the molecule is Cc1noc(C2CCCN2C(=O)C2CCCN2Cc2ccccc2)n1. The molecular formula is C19H24N4O2. The van der Waals surface area contributed by atoms with Crippen LogP contribution in [-0.4, -0.2) is 45.0 Å². The van der Waals surface area contributed by atoms with Crippen molar-refractivity contribution in [2.45, 2.75) is 51.2 Å². The number of aryl methyl sites for hydroxylation is 1. The number of amides is 1. The van der Waals surface area contributed by atoms with Gasteiger partial charge in [-0.2, -0.15) is 4.98 Å². The number of rotatable bonds is 4. The fourth-order valence-corrected chi connectivity index (χ4v) is 4.04. The van der Waals surface area contributed by atoms with Gasteiger partial charge >= 0.3 is 0 Å². The van der Waals surface area contributed by atoms with E-state index in [1.807, 2.05) is 17.9 Å². The monoisotopic (exact) mass is 340 g/mol. The first-order valence-electron chi connectivity index (χ1n) is 9.11. The number of carbonyl (C=O) groups excluding carboxylic acids is 1. The van der Waals surface area contributed by atoms with E-state index in [1.54, 1.807) is 0 Å². The molecule has 0 bridgehead atoms. The molecule has 132 valence electrons. The zero-order valence-electron chi connectivity index (χ0n) is 14.6. The number of hydrogen-bond acceptors (Lipinski definition) is 5. The summed E-state index contributed by atoms with van der Waals surface area (Å²) >= 11 is 0. The maximum absolute atomic E-state index is 13.2. The van der Waals surface area contributed by atoms with Crippen LogP contribution in [0.4, 0.5) is 0 Å². The summed E-state index contributed by atoms with van der Waals surface area (Å²) in [5.74, 6) is 1.42. The third-order valence-electron chi connectivity index (χ3n) is 5.24. The van der Waals surface area contributed by atoms with Gasteiger partial charge in [0, 0.05) is 13.1 Å². The van der Waals surface area contributed by atoms with Crippen molar-refractivity contribution < 1.29 is 9.32 Å². The molecule has 25 heavy (non-hydrogen) atoms. The molecule has 6 nitrogen and oxygen atoms in total. The number of likely N-dealkylation sites (tertiary alicyclic amines) is 2. The minimum atomic E-state index is -0.0622. The Morgan fingerprint density at radius 3 is 2.76 bits per heavy atom. The Balaban J connectivity index is 1.49. The predicted octanol–water partition coefficient (Wildman–Crippen LogP) is 2.71. The molecule has 0 radical (unpaired) electrons. The summed E-state index contributed by atoms with van der Waals surface area (Å²) in [5, 5.41) is 3.89. The van der Waals surface area contributed by atoms with Gasteiger partial charge in [-0.1, -0.05) is 35.5 Å². The molecule has 2 atom stereocenters. The van der Waals surface area contributed by atoms with E-state index in [1.165, 1.54) is 5.56 Å². The van der Waals surface area contributed by atoms with Crippen molar-refractivity contribution in [1.29, 1.82) is 0 Å². The maximum atomic E-state index is 13.2. The minimum Gasteiger partial charge on any atom is -0.337 e. The van der Waals surface area contributed by atoms with E-state index in [0.717, 1.165) is 45.3 Å². The van der Waals surface area contributed by atoms with Gasteiger partial charge in [0.2, 0.25) is 11.8 Å². The average molecular weight is 340 g/mol. The molecule has 1 aromatic heterocycles. The summed E-state index contributed by atoms with van der Waals surface area (Å²) in [5.41, 5.74) is 1.26. The Hall–Kier alpha value is -2.21. The average Bonchev–Trinajstić information content (AvgIpc) is 3.35. The third-order valence-corrected chi connectivity index (χ3v) is 5.24. The minimum absolute atomic E-state index is 0.0372. The molecule has 0 N–H and O–H groups in total. The van der Waals surface area contributed by atoms with Crippen LogP contribution in [0.15, 0.2) is 34.9 Å². The highest BCUT2D eigenvalue weighted by Crippen LogP contribution is 2.33. The second kappa shape index (κ2) is 6.96. The lowest BCUT2D eigenvalue weighted by Gasteiger charge is -2.30. The maximum Gasteiger partial charge on any atom is 0.249 e. The first-order valence-corrected chi connectivity index (χ1v) is 9.11. The molecule has 2 aliphatic rings. The van der Waals surface area contributed by atoms with Crippen LogP contribution in [0.25, 0.3) is 0 Å². The largest absolute Gasteiger partial charge is 0.337 e. The van der Waals surface area contributed by atoms with Crippen LogP contribution >= 0.6 is 0 Å². The van der Waals surface area contributed by atoms with Crippen LogP contribution < -0.4 is 0 Å². The molecule has 6 heteroatoms. The predicted molar refractivity (Wildman–Crippen MR) is 92.6 cm³/mol. The number of hydrogen-bond donors (Lipinski definition) is 0. The van der Waals surface area contributed by atoms with Crippen molar-refractivity contribution in [2.24, 2.45) is 0 Å². The number of nitrogens with zero attached hydrogens (tertiary/aromatic N) is 4. The summed E-state index contributed by atoms with van der Waals surface area (Å²) < 4.78 is 5.35. The van der Waals surface area contributed by atoms with Crippen molar-refractivity contribution >= 4 is 5.91 Å². The number of benzene rings is 1. The fraction of sp³-hybridized carbons (Fsp3) is 0.526. The van der Waals surface area contributed by atoms with Gasteiger partial charge in [-0.25, -0.2) is 0 Å². The zero-order valence-corrected chi connectivity index (χ0v) is 14.6. The van der Waals surface area contributed by atoms with Gasteiger partial charge in [0.25, 0.3) is 0 Å². The van der Waals surface area contributed by atoms with Crippen molar-refractivity contribution in [1.82, 2.24) is 19.9 Å². The smallest absolute Gasteiger partial charge is 0.249 e.